The Hall–Kier alpha value is -2.06. The normalized spacial score (nSPS) is 17.8. The van der Waals surface area contributed by atoms with Crippen molar-refractivity contribution in [1.82, 2.24) is 5.32 Å². The van der Waals surface area contributed by atoms with Crippen LogP contribution in [0.2, 0.25) is 0 Å². The molecule has 1 aliphatic rings. The van der Waals surface area contributed by atoms with E-state index in [4.69, 9.17) is 10.00 Å². The van der Waals surface area contributed by atoms with E-state index in [-0.39, 0.29) is 12.5 Å². The zero-order valence-corrected chi connectivity index (χ0v) is 12.1. The van der Waals surface area contributed by atoms with Gasteiger partial charge >= 0.3 is 0 Å². The van der Waals surface area contributed by atoms with Crippen LogP contribution in [0.4, 0.5) is 0 Å². The molecule has 1 saturated carbocycles. The zero-order valence-electron chi connectivity index (χ0n) is 12.1. The minimum absolute atomic E-state index is 0.0463. The van der Waals surface area contributed by atoms with E-state index in [2.05, 4.69) is 5.32 Å². The molecule has 0 bridgehead atoms. The Bertz CT molecular complexity index is 545. The van der Waals surface area contributed by atoms with Gasteiger partial charge < -0.3 is 15.2 Å². The van der Waals surface area contributed by atoms with Crippen molar-refractivity contribution in [3.63, 3.8) is 0 Å². The fourth-order valence-corrected chi connectivity index (χ4v) is 2.63. The highest BCUT2D eigenvalue weighted by Crippen LogP contribution is 2.29. The molecule has 0 spiro atoms. The summed E-state index contributed by atoms with van der Waals surface area (Å²) in [5, 5.41) is 21.3. The number of aliphatic hydroxyl groups excluding tert-OH is 1. The minimum Gasteiger partial charge on any atom is -0.481 e. The van der Waals surface area contributed by atoms with Gasteiger partial charge in [-0.05, 0) is 38.0 Å². The summed E-state index contributed by atoms with van der Waals surface area (Å²) in [7, 11) is 0. The monoisotopic (exact) mass is 288 g/mol. The van der Waals surface area contributed by atoms with E-state index in [9.17, 15) is 9.90 Å². The predicted octanol–water partition coefficient (Wildman–Crippen LogP) is 1.75. The molecular weight excluding hydrogens is 268 g/mol. The van der Waals surface area contributed by atoms with Crippen molar-refractivity contribution in [2.75, 3.05) is 6.61 Å². The number of rotatable bonds is 5. The molecule has 1 unspecified atom stereocenters. The molecule has 5 nitrogen and oxygen atoms in total. The van der Waals surface area contributed by atoms with E-state index < -0.39 is 11.6 Å². The number of nitrogens with zero attached hydrogens (tertiary/aromatic N) is 1. The number of ether oxygens (including phenoxy) is 1. The van der Waals surface area contributed by atoms with Gasteiger partial charge in [-0.3, -0.25) is 4.79 Å². The SMILES string of the molecule is CC(Oc1cccc(C#N)c1)C(=O)NC1(CO)CCCC1. The summed E-state index contributed by atoms with van der Waals surface area (Å²) in [5.41, 5.74) is -0.00818. The van der Waals surface area contributed by atoms with Gasteiger partial charge in [-0.15, -0.1) is 0 Å². The molecule has 1 aromatic carbocycles. The van der Waals surface area contributed by atoms with Crippen molar-refractivity contribution in [2.24, 2.45) is 0 Å². The van der Waals surface area contributed by atoms with Gasteiger partial charge in [-0.1, -0.05) is 18.9 Å². The number of carbonyl (C=O) groups is 1. The summed E-state index contributed by atoms with van der Waals surface area (Å²) in [6, 6.07) is 8.73. The Balaban J connectivity index is 1.97. The molecule has 0 aliphatic heterocycles. The van der Waals surface area contributed by atoms with Gasteiger partial charge in [0.05, 0.1) is 23.8 Å². The molecule has 0 aromatic heterocycles. The lowest BCUT2D eigenvalue weighted by atomic mass is 9.98. The predicted molar refractivity (Wildman–Crippen MR) is 77.7 cm³/mol. The van der Waals surface area contributed by atoms with E-state index in [0.29, 0.717) is 11.3 Å². The molecule has 21 heavy (non-hydrogen) atoms. The minimum atomic E-state index is -0.678. The number of nitrogens with one attached hydrogen (secondary N) is 1. The first-order valence-electron chi connectivity index (χ1n) is 7.18. The Morgan fingerprint density at radius 1 is 1.52 bits per heavy atom. The molecule has 0 saturated heterocycles. The number of benzene rings is 1. The summed E-state index contributed by atoms with van der Waals surface area (Å²) >= 11 is 0. The van der Waals surface area contributed by atoms with Crippen LogP contribution in [0.5, 0.6) is 5.75 Å². The second kappa shape index (κ2) is 6.59. The molecule has 2 N–H and O–H groups in total. The molecule has 112 valence electrons. The van der Waals surface area contributed by atoms with E-state index in [1.807, 2.05) is 6.07 Å². The van der Waals surface area contributed by atoms with Crippen LogP contribution in [0.25, 0.3) is 0 Å². The van der Waals surface area contributed by atoms with Crippen LogP contribution >= 0.6 is 0 Å². The highest BCUT2D eigenvalue weighted by molar-refractivity contribution is 5.81. The lowest BCUT2D eigenvalue weighted by molar-refractivity contribution is -0.129. The lowest BCUT2D eigenvalue weighted by Crippen LogP contribution is -2.52. The van der Waals surface area contributed by atoms with Crippen molar-refractivity contribution < 1.29 is 14.6 Å². The molecule has 1 atom stereocenters. The van der Waals surface area contributed by atoms with Crippen molar-refractivity contribution in [3.8, 4) is 11.8 Å². The first-order valence-corrected chi connectivity index (χ1v) is 7.18. The smallest absolute Gasteiger partial charge is 0.261 e. The second-order valence-electron chi connectivity index (χ2n) is 5.53. The molecule has 5 heteroatoms. The van der Waals surface area contributed by atoms with Gasteiger partial charge in [0.2, 0.25) is 0 Å². The molecule has 1 fully saturated rings. The summed E-state index contributed by atoms with van der Waals surface area (Å²) < 4.78 is 5.57. The van der Waals surface area contributed by atoms with Crippen LogP contribution in [0.3, 0.4) is 0 Å². The standard InChI is InChI=1S/C16H20N2O3/c1-12(21-14-6-4-5-13(9-14)10-17)15(20)18-16(11-19)7-2-3-8-16/h4-6,9,12,19H,2-3,7-8,11H2,1H3,(H,18,20). The van der Waals surface area contributed by atoms with Gasteiger partial charge in [0.25, 0.3) is 5.91 Å². The topological polar surface area (TPSA) is 82.3 Å². The van der Waals surface area contributed by atoms with Crippen LogP contribution in [0.1, 0.15) is 38.2 Å². The van der Waals surface area contributed by atoms with E-state index in [0.717, 1.165) is 25.7 Å². The molecule has 1 aliphatic carbocycles. The summed E-state index contributed by atoms with van der Waals surface area (Å²) in [4.78, 5) is 12.2. The number of hydrogen-bond acceptors (Lipinski definition) is 4. The average Bonchev–Trinajstić information content (AvgIpc) is 2.96. The van der Waals surface area contributed by atoms with Gasteiger partial charge in [0.15, 0.2) is 6.10 Å². The van der Waals surface area contributed by atoms with Crippen LogP contribution in [-0.2, 0) is 4.79 Å². The molecule has 1 amide bonds. The van der Waals surface area contributed by atoms with Crippen molar-refractivity contribution in [3.05, 3.63) is 29.8 Å². The molecular formula is C16H20N2O3. The Morgan fingerprint density at radius 2 is 2.24 bits per heavy atom. The maximum absolute atomic E-state index is 12.2. The number of amides is 1. The fourth-order valence-electron chi connectivity index (χ4n) is 2.63. The van der Waals surface area contributed by atoms with Gasteiger partial charge in [0, 0.05) is 0 Å². The van der Waals surface area contributed by atoms with Crippen molar-refractivity contribution in [2.45, 2.75) is 44.2 Å². The molecule has 2 rings (SSSR count). The third-order valence-electron chi connectivity index (χ3n) is 3.90. The van der Waals surface area contributed by atoms with E-state index in [1.165, 1.54) is 0 Å². The third kappa shape index (κ3) is 3.73. The van der Waals surface area contributed by atoms with Crippen LogP contribution in [0, 0.1) is 11.3 Å². The molecule has 1 aromatic rings. The number of carbonyl (C=O) groups excluding carboxylic acids is 1. The Morgan fingerprint density at radius 3 is 2.86 bits per heavy atom. The average molecular weight is 288 g/mol. The number of nitriles is 1. The maximum Gasteiger partial charge on any atom is 0.261 e. The van der Waals surface area contributed by atoms with Crippen LogP contribution in [0.15, 0.2) is 24.3 Å². The second-order valence-corrected chi connectivity index (χ2v) is 5.53. The van der Waals surface area contributed by atoms with Crippen LogP contribution < -0.4 is 10.1 Å². The number of aliphatic hydroxyl groups is 1. The molecule has 0 radical (unpaired) electrons. The summed E-state index contributed by atoms with van der Waals surface area (Å²) in [5.74, 6) is 0.245. The first-order chi connectivity index (χ1) is 10.1. The highest BCUT2D eigenvalue weighted by Gasteiger charge is 2.35. The fraction of sp³-hybridized carbons (Fsp3) is 0.500. The van der Waals surface area contributed by atoms with Crippen molar-refractivity contribution >= 4 is 5.91 Å². The Kier molecular flexibility index (Phi) is 4.81. The quantitative estimate of drug-likeness (QED) is 0.864. The molecule has 0 heterocycles. The summed E-state index contributed by atoms with van der Waals surface area (Å²) in [6.07, 6.45) is 2.95. The van der Waals surface area contributed by atoms with E-state index in [1.54, 1.807) is 31.2 Å². The number of hydrogen-bond donors (Lipinski definition) is 2. The van der Waals surface area contributed by atoms with E-state index >= 15 is 0 Å². The summed E-state index contributed by atoms with van der Waals surface area (Å²) in [6.45, 7) is 1.61. The van der Waals surface area contributed by atoms with Crippen molar-refractivity contribution in [1.29, 1.82) is 5.26 Å². The zero-order chi connectivity index (χ0) is 15.3. The largest absolute Gasteiger partial charge is 0.481 e. The van der Waals surface area contributed by atoms with Gasteiger partial charge in [-0.2, -0.15) is 5.26 Å². The maximum atomic E-state index is 12.2. The lowest BCUT2D eigenvalue weighted by Gasteiger charge is -2.29. The van der Waals surface area contributed by atoms with Gasteiger partial charge in [0.1, 0.15) is 5.75 Å². The highest BCUT2D eigenvalue weighted by atomic mass is 16.5. The first kappa shape index (κ1) is 15.3. The van der Waals surface area contributed by atoms with Gasteiger partial charge in [-0.25, -0.2) is 0 Å². The third-order valence-corrected chi connectivity index (χ3v) is 3.90. The van der Waals surface area contributed by atoms with Crippen LogP contribution in [-0.4, -0.2) is 29.3 Å². The Labute approximate surface area is 124 Å².